The number of carbonyl (C=O) groups excluding carboxylic acids is 1. The molecule has 2 aliphatic rings. The van der Waals surface area contributed by atoms with Gasteiger partial charge in [-0.15, -0.1) is 45.3 Å². The van der Waals surface area contributed by atoms with Crippen molar-refractivity contribution < 1.29 is 31.8 Å². The van der Waals surface area contributed by atoms with Crippen LogP contribution in [0.2, 0.25) is 0 Å². The molecular weight excluding hydrogens is 1030 g/mol. The van der Waals surface area contributed by atoms with Crippen molar-refractivity contribution in [3.63, 3.8) is 0 Å². The summed E-state index contributed by atoms with van der Waals surface area (Å²) in [5.74, 6) is -1.76. The first kappa shape index (κ1) is 51.4. The molecule has 8 aromatic rings. The van der Waals surface area contributed by atoms with Gasteiger partial charge in [-0.1, -0.05) is 80.1 Å². The number of thiophene rings is 4. The zero-order valence-corrected chi connectivity index (χ0v) is 47.1. The van der Waals surface area contributed by atoms with E-state index in [9.17, 15) is 4.79 Å². The molecule has 0 saturated heterocycles. The molecule has 0 spiro atoms. The third-order valence-electron chi connectivity index (χ3n) is 14.6. The van der Waals surface area contributed by atoms with Gasteiger partial charge < -0.3 is 9.47 Å². The summed E-state index contributed by atoms with van der Waals surface area (Å²) < 4.78 is 96.9. The minimum absolute atomic E-state index is 0.00232. The number of ketones is 1. The first-order valence-electron chi connectivity index (χ1n) is 25.0. The number of fused-ring (bicyclic) bond motifs is 8. The van der Waals surface area contributed by atoms with E-state index in [1.807, 2.05) is 19.9 Å². The topological polar surface area (TPSA) is 87.1 Å². The molecule has 2 aromatic carbocycles. The minimum atomic E-state index is -1.30. The van der Waals surface area contributed by atoms with Crippen LogP contribution in [0.5, 0.6) is 11.5 Å². The first-order valence-corrected chi connectivity index (χ1v) is 29.7. The summed E-state index contributed by atoms with van der Waals surface area (Å²) in [6.07, 6.45) is 10.5. The number of hydrogen-bond donors (Lipinski definition) is 0. The van der Waals surface area contributed by atoms with Crippen LogP contribution >= 0.6 is 68.8 Å². The van der Waals surface area contributed by atoms with E-state index in [2.05, 4.69) is 72.0 Å². The maximum absolute atomic E-state index is 17.3. The van der Waals surface area contributed by atoms with Crippen LogP contribution in [0.15, 0.2) is 24.3 Å². The summed E-state index contributed by atoms with van der Waals surface area (Å²) in [6, 6.07) is 7.43. The number of hydrogen-bond acceptors (Lipinski definition) is 13. The lowest BCUT2D eigenvalue weighted by atomic mass is 9.78. The van der Waals surface area contributed by atoms with Crippen LogP contribution in [0.25, 0.3) is 62.5 Å². The van der Waals surface area contributed by atoms with Crippen molar-refractivity contribution in [2.75, 3.05) is 0 Å². The number of benzene rings is 2. The molecule has 0 amide bonds. The lowest BCUT2D eigenvalue weighted by molar-refractivity contribution is 0.0323. The molecule has 0 radical (unpaired) electrons. The molecule has 2 unspecified atom stereocenters. The number of rotatable bonds is 18. The average molecular weight is 1090 g/mol. The number of carbonyl (C=O) groups is 1. The van der Waals surface area contributed by atoms with Crippen molar-refractivity contribution in [2.24, 2.45) is 23.7 Å². The normalized spacial score (nSPS) is 16.8. The SMILES string of the molecule is Cc1cc2c(s1)-c1sc(-c3c(F)c(F)c(C(=O)c4cc5c(s4)-c4sc(-c6c(F)c(F)c(C)c7nsnc67)cc4C(C)(C)O5)c4nsnc34)cc1C(CCC(C)CCCC(C)C)(CCC(C)CCCC(C)C)O2. The number of ether oxygens (including phenoxy) is 2. The summed E-state index contributed by atoms with van der Waals surface area (Å²) in [7, 11) is 0. The van der Waals surface area contributed by atoms with E-state index in [0.29, 0.717) is 54.5 Å². The van der Waals surface area contributed by atoms with Crippen LogP contribution in [-0.2, 0) is 11.2 Å². The van der Waals surface area contributed by atoms with Crippen LogP contribution in [0.4, 0.5) is 17.6 Å². The van der Waals surface area contributed by atoms with E-state index in [-0.39, 0.29) is 43.6 Å². The summed E-state index contributed by atoms with van der Waals surface area (Å²) in [4.78, 5) is 20.1. The van der Waals surface area contributed by atoms with Crippen LogP contribution in [0.3, 0.4) is 0 Å². The number of aryl methyl sites for hydroxylation is 2. The molecule has 0 aliphatic carbocycles. The second-order valence-corrected chi connectivity index (χ2v) is 26.9. The van der Waals surface area contributed by atoms with Gasteiger partial charge in [0.2, 0.25) is 5.78 Å². The predicted octanol–water partition coefficient (Wildman–Crippen LogP) is 18.7. The summed E-state index contributed by atoms with van der Waals surface area (Å²) in [6.45, 7) is 21.0. The van der Waals surface area contributed by atoms with Gasteiger partial charge in [-0.25, -0.2) is 17.6 Å². The van der Waals surface area contributed by atoms with Gasteiger partial charge in [-0.2, -0.15) is 17.5 Å². The minimum Gasteiger partial charge on any atom is -0.482 e. The Hall–Kier alpha value is -4.13. The predicted molar refractivity (Wildman–Crippen MR) is 291 cm³/mol. The van der Waals surface area contributed by atoms with E-state index in [0.717, 1.165) is 99.3 Å². The lowest BCUT2D eigenvalue weighted by Crippen LogP contribution is -2.36. The first-order chi connectivity index (χ1) is 34.3. The molecule has 0 N–H and O–H groups in total. The van der Waals surface area contributed by atoms with E-state index in [4.69, 9.17) is 9.47 Å². The average Bonchev–Trinajstić information content (AvgIpc) is 4.19. The van der Waals surface area contributed by atoms with Gasteiger partial charge in [0.15, 0.2) is 23.3 Å². The van der Waals surface area contributed by atoms with Crippen molar-refractivity contribution in [1.29, 1.82) is 0 Å². The number of aromatic nitrogens is 4. The van der Waals surface area contributed by atoms with Crippen LogP contribution < -0.4 is 9.47 Å². The van der Waals surface area contributed by atoms with Crippen molar-refractivity contribution in [3.8, 4) is 51.9 Å². The Kier molecular flexibility index (Phi) is 14.2. The van der Waals surface area contributed by atoms with Gasteiger partial charge >= 0.3 is 0 Å². The van der Waals surface area contributed by atoms with Crippen LogP contribution in [-0.4, -0.2) is 23.3 Å². The van der Waals surface area contributed by atoms with E-state index in [1.165, 1.54) is 55.3 Å². The Labute approximate surface area is 442 Å². The quantitative estimate of drug-likeness (QED) is 0.0625. The van der Waals surface area contributed by atoms with Gasteiger partial charge in [-0.05, 0) is 95.2 Å². The summed E-state index contributed by atoms with van der Waals surface area (Å²) in [5.41, 5.74) is 0.277. The van der Waals surface area contributed by atoms with Crippen molar-refractivity contribution >= 4 is 96.7 Å². The fourth-order valence-corrected chi connectivity index (χ4v) is 16.6. The highest BCUT2D eigenvalue weighted by atomic mass is 32.1. The maximum atomic E-state index is 17.3. The van der Waals surface area contributed by atoms with Gasteiger partial charge in [0.25, 0.3) is 0 Å². The molecule has 2 atom stereocenters. The van der Waals surface area contributed by atoms with Gasteiger partial charge in [0, 0.05) is 37.4 Å². The smallest absolute Gasteiger partial charge is 0.208 e. The van der Waals surface area contributed by atoms with Crippen LogP contribution in [0, 0.1) is 60.8 Å². The lowest BCUT2D eigenvalue weighted by Gasteiger charge is -2.39. The maximum Gasteiger partial charge on any atom is 0.208 e. The third kappa shape index (κ3) is 9.17. The zero-order valence-electron chi connectivity index (χ0n) is 42.2. The third-order valence-corrected chi connectivity index (χ3v) is 20.4. The largest absolute Gasteiger partial charge is 0.482 e. The Balaban J connectivity index is 1.03. The molecule has 10 rings (SSSR count). The number of nitrogens with zero attached hydrogens (tertiary/aromatic N) is 4. The van der Waals surface area contributed by atoms with Gasteiger partial charge in [-0.3, -0.25) is 4.79 Å². The Bertz CT molecular complexity index is 3350. The van der Waals surface area contributed by atoms with Crippen LogP contribution in [0.1, 0.15) is 156 Å². The van der Waals surface area contributed by atoms with Crippen molar-refractivity contribution in [2.45, 2.75) is 145 Å². The second-order valence-electron chi connectivity index (χ2n) is 21.5. The highest BCUT2D eigenvalue weighted by Gasteiger charge is 2.45. The Morgan fingerprint density at radius 2 is 1.08 bits per heavy atom. The standard InChI is InChI=1S/C55H58F4N4O3S6/c1-25(2)13-11-15-27(5)17-19-55(20-18-28(6)16-12-14-26(3)4)32-23-36(69-51(32)52-33(66-55)21-29(7)67-52)39-43(58)44(59)40(48-47(39)62-72-63-48)49(64)37-24-34-53(70-37)50-31(54(9,10)65-34)22-35(68-50)38-42(57)41(56)30(8)45-46(38)61-71-60-45/h21-28H,11-20H2,1-10H3. The molecule has 17 heteroatoms. The summed E-state index contributed by atoms with van der Waals surface area (Å²) in [5, 5.41) is 0. The molecule has 8 heterocycles. The molecule has 380 valence electrons. The molecule has 72 heavy (non-hydrogen) atoms. The van der Waals surface area contributed by atoms with E-state index >= 15 is 17.6 Å². The summed E-state index contributed by atoms with van der Waals surface area (Å²) >= 11 is 7.05. The molecule has 0 saturated carbocycles. The molecule has 0 bridgehead atoms. The fourth-order valence-electron chi connectivity index (χ4n) is 10.5. The highest BCUT2D eigenvalue weighted by molar-refractivity contribution is 7.25. The highest BCUT2D eigenvalue weighted by Crippen LogP contribution is 2.59. The van der Waals surface area contributed by atoms with E-state index < -0.39 is 45.8 Å². The van der Waals surface area contributed by atoms with E-state index in [1.54, 1.807) is 23.5 Å². The monoisotopic (exact) mass is 1090 g/mol. The molecule has 2 aliphatic heterocycles. The van der Waals surface area contributed by atoms with Crippen molar-refractivity contribution in [1.82, 2.24) is 17.5 Å². The molecule has 6 aromatic heterocycles. The van der Waals surface area contributed by atoms with Gasteiger partial charge in [0.05, 0.1) is 64.5 Å². The Morgan fingerprint density at radius 3 is 1.69 bits per heavy atom. The van der Waals surface area contributed by atoms with Gasteiger partial charge in [0.1, 0.15) is 44.8 Å². The Morgan fingerprint density at radius 1 is 0.569 bits per heavy atom. The number of halogens is 4. The fraction of sp³-hybridized carbons (Fsp3) is 0.473. The van der Waals surface area contributed by atoms with Crippen molar-refractivity contribution in [3.05, 3.63) is 79.5 Å². The molecule has 0 fully saturated rings. The zero-order chi connectivity index (χ0) is 51.1. The molecule has 7 nitrogen and oxygen atoms in total. The molecular formula is C55H58F4N4O3S6. The second kappa shape index (κ2) is 19.9.